The minimum atomic E-state index is 0.440. The van der Waals surface area contributed by atoms with Crippen molar-refractivity contribution in [1.29, 1.82) is 0 Å². The number of para-hydroxylation sites is 4. The number of anilines is 6. The predicted octanol–water partition coefficient (Wildman–Crippen LogP) is 34.6. The number of unbranched alkanes of at least 4 members (excludes halogenated alkanes) is 4. The second-order valence-corrected chi connectivity index (χ2v) is 37.1. The molecule has 22 aromatic rings. The van der Waals surface area contributed by atoms with Gasteiger partial charge in [0, 0.05) is 127 Å². The van der Waals surface area contributed by atoms with E-state index in [1.54, 1.807) is 0 Å². The molecule has 748 valence electrons. The van der Waals surface area contributed by atoms with Gasteiger partial charge in [-0.05, 0) is 373 Å². The van der Waals surface area contributed by atoms with E-state index in [0.29, 0.717) is 79.3 Å². The molecule has 0 spiro atoms. The first-order valence-corrected chi connectivity index (χ1v) is 52.0. The van der Waals surface area contributed by atoms with Crippen molar-refractivity contribution in [3.05, 3.63) is 520 Å². The zero-order valence-electron chi connectivity index (χ0n) is 85.0. The zero-order chi connectivity index (χ0) is 102. The maximum atomic E-state index is 6.49. The number of hydrogen-bond acceptors (Lipinski definition) is 10. The van der Waals surface area contributed by atoms with E-state index in [-0.39, 0.29) is 0 Å². The molecule has 0 aliphatic rings. The quantitative estimate of drug-likeness (QED) is 0.0343. The molecule has 8 bridgehead atoms. The van der Waals surface area contributed by atoms with Crippen LogP contribution >= 0.6 is 0 Å². The monoisotopic (exact) mass is 1970 g/mol. The van der Waals surface area contributed by atoms with Gasteiger partial charge in [0.2, 0.25) is 0 Å². The predicted molar refractivity (Wildman–Crippen MR) is 622 cm³/mol. The molecule has 0 aliphatic heterocycles. The molecule has 0 N–H and O–H groups in total. The fourth-order valence-electron chi connectivity index (χ4n) is 18.6. The lowest BCUT2D eigenvalue weighted by molar-refractivity contribution is 0.113. The number of rotatable bonds is 48. The van der Waals surface area contributed by atoms with E-state index in [1.807, 2.05) is 121 Å². The van der Waals surface area contributed by atoms with Crippen LogP contribution in [0.1, 0.15) is 95.9 Å². The average molecular weight is 1970 g/mol. The van der Waals surface area contributed by atoms with E-state index >= 15 is 0 Å². The van der Waals surface area contributed by atoms with Crippen molar-refractivity contribution >= 4 is 103 Å². The van der Waals surface area contributed by atoms with E-state index in [2.05, 4.69) is 406 Å². The number of aromatic nitrogens is 4. The Balaban J connectivity index is 0.781. The van der Waals surface area contributed by atoms with Gasteiger partial charge in [0.25, 0.3) is 0 Å². The van der Waals surface area contributed by atoms with Crippen LogP contribution in [0.25, 0.3) is 113 Å². The average Bonchev–Trinajstić information content (AvgIpc) is 0.755. The molecule has 0 amide bonds. The fourth-order valence-corrected chi connectivity index (χ4v) is 18.6. The summed E-state index contributed by atoms with van der Waals surface area (Å²) in [6.07, 6.45) is 14.2. The molecule has 4 aromatic heterocycles. The summed E-state index contributed by atoms with van der Waals surface area (Å²) in [5, 5.41) is 0. The van der Waals surface area contributed by atoms with Gasteiger partial charge in [-0.2, -0.15) is 0 Å². The third kappa shape index (κ3) is 26.8. The summed E-state index contributed by atoms with van der Waals surface area (Å²) in [6, 6.07) is 160. The fraction of sp³-hybridized carbons (Fsp3) is 0.147. The van der Waals surface area contributed by atoms with Gasteiger partial charge in [-0.1, -0.05) is 245 Å². The number of ether oxygens (including phenoxy) is 8. The summed E-state index contributed by atoms with van der Waals surface area (Å²) in [5.41, 5.74) is 30.0. The van der Waals surface area contributed by atoms with E-state index in [4.69, 9.17) is 37.9 Å². The second-order valence-electron chi connectivity index (χ2n) is 37.1. The normalized spacial score (nSPS) is 11.1. The molecule has 150 heavy (non-hydrogen) atoms. The van der Waals surface area contributed by atoms with Crippen LogP contribution in [0.3, 0.4) is 0 Å². The molecular weight excluding hydrogens is 1850 g/mol. The molecule has 0 saturated heterocycles. The Labute approximate surface area is 881 Å². The highest BCUT2D eigenvalue weighted by Gasteiger charge is 2.20. The maximum Gasteiger partial charge on any atom is 0.119 e. The van der Waals surface area contributed by atoms with Crippen LogP contribution in [0, 0.1) is 0 Å². The molecule has 18 aromatic carbocycles. The van der Waals surface area contributed by atoms with Crippen LogP contribution in [0.2, 0.25) is 0 Å². The van der Waals surface area contributed by atoms with Gasteiger partial charge < -0.3 is 66.0 Å². The molecule has 0 atom stereocenters. The molecule has 14 nitrogen and oxygen atoms in total. The van der Waals surface area contributed by atoms with Crippen LogP contribution in [-0.2, 0) is 45.4 Å². The van der Waals surface area contributed by atoms with Crippen molar-refractivity contribution in [2.75, 3.05) is 62.7 Å². The van der Waals surface area contributed by atoms with Gasteiger partial charge in [-0.3, -0.25) is 0 Å². The molecule has 0 fully saturated rings. The van der Waals surface area contributed by atoms with Crippen molar-refractivity contribution in [3.63, 3.8) is 0 Å². The number of hydrogen-bond donors (Lipinski definition) is 0. The highest BCUT2D eigenvalue weighted by Crippen LogP contribution is 2.41. The van der Waals surface area contributed by atoms with Gasteiger partial charge in [-0.15, -0.1) is 0 Å². The van der Waals surface area contributed by atoms with Crippen LogP contribution in [0.5, 0.6) is 23.0 Å². The van der Waals surface area contributed by atoms with Gasteiger partial charge in [0.15, 0.2) is 0 Å². The van der Waals surface area contributed by atoms with Crippen molar-refractivity contribution in [2.45, 2.75) is 77.8 Å². The molecule has 22 rings (SSSR count). The molecule has 0 radical (unpaired) electrons. The highest BCUT2D eigenvalue weighted by molar-refractivity contribution is 5.87. The highest BCUT2D eigenvalue weighted by atomic mass is 16.5. The number of nitrogens with zero attached hydrogens (tertiary/aromatic N) is 6. The zero-order valence-corrected chi connectivity index (χ0v) is 85.0. The molecule has 0 aliphatic carbocycles. The largest absolute Gasteiger partial charge is 0.494 e. The van der Waals surface area contributed by atoms with Gasteiger partial charge in [-0.25, -0.2) is 0 Å². The van der Waals surface area contributed by atoms with Gasteiger partial charge in [0.05, 0.1) is 52.9 Å². The second kappa shape index (κ2) is 51.7. The summed E-state index contributed by atoms with van der Waals surface area (Å²) in [7, 11) is 0. The topological polar surface area (TPSA) is 100 Å². The van der Waals surface area contributed by atoms with Crippen LogP contribution in [0.4, 0.5) is 34.1 Å². The van der Waals surface area contributed by atoms with E-state index in [9.17, 15) is 0 Å². The Kier molecular flexibility index (Phi) is 34.9. The molecule has 4 heterocycles. The molecule has 0 unspecified atom stereocenters. The minimum Gasteiger partial charge on any atom is -0.494 e. The van der Waals surface area contributed by atoms with Crippen molar-refractivity contribution in [1.82, 2.24) is 18.3 Å². The Bertz CT molecular complexity index is 6890. The summed E-state index contributed by atoms with van der Waals surface area (Å²) in [5.74, 6) is 3.38. The van der Waals surface area contributed by atoms with E-state index < -0.39 is 0 Å². The lowest BCUT2D eigenvalue weighted by Crippen LogP contribution is -2.09. The third-order valence-corrected chi connectivity index (χ3v) is 26.7. The van der Waals surface area contributed by atoms with E-state index in [1.165, 1.54) is 0 Å². The van der Waals surface area contributed by atoms with Gasteiger partial charge in [0.1, 0.15) is 23.0 Å². The molecule has 0 saturated carbocycles. The summed E-state index contributed by atoms with van der Waals surface area (Å²) in [6.45, 7) is 22.1. The Hall–Kier alpha value is -17.2. The Morgan fingerprint density at radius 2 is 0.380 bits per heavy atom. The van der Waals surface area contributed by atoms with Crippen LogP contribution in [0.15, 0.2) is 475 Å². The van der Waals surface area contributed by atoms with Crippen molar-refractivity contribution in [3.8, 4) is 68.0 Å². The first-order valence-electron chi connectivity index (χ1n) is 52.0. The van der Waals surface area contributed by atoms with Crippen molar-refractivity contribution < 1.29 is 37.9 Å². The molecule has 14 heteroatoms. The Morgan fingerprint density at radius 1 is 0.180 bits per heavy atom. The smallest absolute Gasteiger partial charge is 0.119 e. The summed E-state index contributed by atoms with van der Waals surface area (Å²) >= 11 is 0. The first-order chi connectivity index (χ1) is 74.2. The lowest BCUT2D eigenvalue weighted by Gasteiger charge is -2.25. The maximum absolute atomic E-state index is 6.49. The SMILES string of the molecule is C=Cc1ccc(OCCCCOCc2ccc(-n3c4ccc(cc4)n(-c4ccc(COCCCCOc5ccc(C=C)cc5)cc4)c4cc(-c5ccc(N(c6ccccc6)c6ccccc6)cc5)cc(c4)n(-c4ccc(COCCCCOc5ccc(C=C)cc5)cc4)c4ccc(cc4)n(-c4ccc(COCCCCOc5ccc(C=C)cc5)cc4)c4cc(-c5ccc(N(c6ccccc6)c6ccccc6)cc5)cc3c4)cc2)cc1. The van der Waals surface area contributed by atoms with Gasteiger partial charge >= 0.3 is 0 Å². The van der Waals surface area contributed by atoms with Crippen molar-refractivity contribution in [2.24, 2.45) is 0 Å². The lowest BCUT2D eigenvalue weighted by atomic mass is 10.0. The number of benzene rings is 18. The van der Waals surface area contributed by atoms with E-state index in [0.717, 1.165) is 242 Å². The minimum absolute atomic E-state index is 0.440. The summed E-state index contributed by atoms with van der Waals surface area (Å²) < 4.78 is 60.1. The first kappa shape index (κ1) is 101. The Morgan fingerprint density at radius 3 is 0.587 bits per heavy atom. The standard InChI is InChI=1S/C136H126N6O8/c1-5-103-45-77-133(78-46-103)147-89-25-21-85-143-99-107-37-57-119(58-38-107)139-125-69-71-126(72-70-125)141(121-61-41-109(42-62-121)101-145-87-23-27-91-149-135-81-49-105(7-3)50-82-135)131-95-114(112-55-67-124(68-56-112)138(117-33-17-11-18-34-117)118-35-19-12-20-36-118)96-132(98-131)142(122-63-43-110(44-64-122)102-146-88-24-28-92-150-136-83-51-106(8-4)52-84-136)128-75-73-127(74-76-128)140(120-59-39-108(40-60-120)100-144-86-22-26-90-148-134-79-47-104(6-2)48-80-134)130-94-113(93-129(139)97-130)111-53-65-123(66-54-111)137(115-29-13-9-14-30-115)116-31-15-10-16-32-116/h5-20,29-84,93-98H,1-4,21-28,85-92,99-102H2. The third-order valence-electron chi connectivity index (χ3n) is 26.7. The molecular formula is C136H126N6O8. The van der Waals surface area contributed by atoms with Crippen LogP contribution < -0.4 is 28.7 Å². The van der Waals surface area contributed by atoms with Crippen LogP contribution in [-0.4, -0.2) is 71.1 Å². The summed E-state index contributed by atoms with van der Waals surface area (Å²) in [4.78, 5) is 4.62.